The normalized spacial score (nSPS) is 15.5. The van der Waals surface area contributed by atoms with Gasteiger partial charge in [-0.25, -0.2) is 0 Å². The van der Waals surface area contributed by atoms with E-state index >= 15 is 0 Å². The third-order valence-electron chi connectivity index (χ3n) is 5.76. The Kier molecular flexibility index (Phi) is 11.8. The lowest BCUT2D eigenvalue weighted by Gasteiger charge is -2.28. The zero-order chi connectivity index (χ0) is 22.7. The summed E-state index contributed by atoms with van der Waals surface area (Å²) in [6.07, 6.45) is 4.07. The van der Waals surface area contributed by atoms with E-state index in [1.165, 1.54) is 0 Å². The molecule has 0 bridgehead atoms. The van der Waals surface area contributed by atoms with Crippen LogP contribution in [0.3, 0.4) is 0 Å². The third kappa shape index (κ3) is 8.92. The van der Waals surface area contributed by atoms with E-state index < -0.39 is 24.0 Å². The van der Waals surface area contributed by atoms with Crippen molar-refractivity contribution in [1.29, 1.82) is 0 Å². The van der Waals surface area contributed by atoms with Crippen molar-refractivity contribution < 1.29 is 24.5 Å². The van der Waals surface area contributed by atoms with E-state index in [1.807, 2.05) is 18.2 Å². The van der Waals surface area contributed by atoms with Gasteiger partial charge in [-0.05, 0) is 55.2 Å². The van der Waals surface area contributed by atoms with Crippen molar-refractivity contribution >= 4 is 5.97 Å². The average Bonchev–Trinajstić information content (AvgIpc) is 2.70. The number of carbonyl (C=O) groups is 1. The van der Waals surface area contributed by atoms with Gasteiger partial charge in [0.2, 0.25) is 0 Å². The van der Waals surface area contributed by atoms with Crippen LogP contribution in [0, 0.1) is 17.8 Å². The number of rotatable bonds is 15. The maximum absolute atomic E-state index is 11.1. The first-order chi connectivity index (χ1) is 14.2. The van der Waals surface area contributed by atoms with Crippen LogP contribution in [0.15, 0.2) is 18.2 Å². The second-order valence-electron chi connectivity index (χ2n) is 8.69. The van der Waals surface area contributed by atoms with E-state index in [0.29, 0.717) is 18.9 Å². The molecule has 4 atom stereocenters. The molecular formula is C24H41NO5. The molecule has 1 aromatic rings. The Hall–Kier alpha value is -1.79. The number of benzene rings is 1. The molecule has 0 aliphatic carbocycles. The van der Waals surface area contributed by atoms with Crippen molar-refractivity contribution in [3.05, 3.63) is 23.8 Å². The molecule has 172 valence electrons. The van der Waals surface area contributed by atoms with Crippen molar-refractivity contribution in [1.82, 2.24) is 0 Å². The Morgan fingerprint density at radius 2 is 1.83 bits per heavy atom. The van der Waals surface area contributed by atoms with Gasteiger partial charge in [-0.2, -0.15) is 0 Å². The van der Waals surface area contributed by atoms with E-state index in [1.54, 1.807) is 14.0 Å². The van der Waals surface area contributed by atoms with E-state index in [4.69, 9.17) is 20.3 Å². The second-order valence-corrected chi connectivity index (χ2v) is 8.69. The van der Waals surface area contributed by atoms with Gasteiger partial charge in [0.25, 0.3) is 0 Å². The lowest BCUT2D eigenvalue weighted by Crippen LogP contribution is -2.39. The molecule has 0 aliphatic rings. The monoisotopic (exact) mass is 423 g/mol. The van der Waals surface area contributed by atoms with Crippen LogP contribution in [0.25, 0.3) is 0 Å². The summed E-state index contributed by atoms with van der Waals surface area (Å²) in [7, 11) is 1.64. The van der Waals surface area contributed by atoms with Crippen LogP contribution in [-0.2, 0) is 11.2 Å². The quantitative estimate of drug-likeness (QED) is 0.364. The van der Waals surface area contributed by atoms with Gasteiger partial charge in [-0.3, -0.25) is 4.79 Å². The molecule has 0 unspecified atom stereocenters. The van der Waals surface area contributed by atoms with Crippen molar-refractivity contribution in [2.24, 2.45) is 23.5 Å². The first-order valence-corrected chi connectivity index (χ1v) is 11.2. The highest BCUT2D eigenvalue weighted by molar-refractivity contribution is 5.69. The molecule has 0 saturated carbocycles. The number of aliphatic carboxylic acids is 1. The molecule has 0 saturated heterocycles. The van der Waals surface area contributed by atoms with E-state index in [-0.39, 0.29) is 12.3 Å². The summed E-state index contributed by atoms with van der Waals surface area (Å²) in [6, 6.07) is 5.56. The molecule has 0 radical (unpaired) electrons. The van der Waals surface area contributed by atoms with Crippen LogP contribution in [0.2, 0.25) is 0 Å². The highest BCUT2D eigenvalue weighted by Gasteiger charge is 2.26. The van der Waals surface area contributed by atoms with Crippen molar-refractivity contribution in [3.63, 3.8) is 0 Å². The third-order valence-corrected chi connectivity index (χ3v) is 5.76. The zero-order valence-electron chi connectivity index (χ0n) is 19.3. The predicted octanol–water partition coefficient (Wildman–Crippen LogP) is 4.27. The van der Waals surface area contributed by atoms with Crippen LogP contribution in [0.1, 0.15) is 65.4 Å². The number of carboxylic acid groups (broad SMARTS) is 1. The summed E-state index contributed by atoms with van der Waals surface area (Å²) in [6.45, 7) is 8.72. The number of carboxylic acids is 1. The standard InChI is InChI=1S/C24H41NO5/c1-6-7-8-11-30-23-14-18(9-10-22(23)29-5)13-19(16(2)3)15-20(25)21(26)12-17(4)24(27)28/h9-10,14,16-17,19-21,26H,6-8,11-13,15,25H2,1-5H3,(H,27,28)/t17-,19+,20+,21+/m1/s1. The Bertz CT molecular complexity index is 634. The predicted molar refractivity (Wildman–Crippen MR) is 120 cm³/mol. The topological polar surface area (TPSA) is 102 Å². The highest BCUT2D eigenvalue weighted by atomic mass is 16.5. The Labute approximate surface area is 181 Å². The number of aliphatic hydroxyl groups is 1. The lowest BCUT2D eigenvalue weighted by atomic mass is 9.82. The number of hydrogen-bond donors (Lipinski definition) is 3. The number of methoxy groups -OCH3 is 1. The summed E-state index contributed by atoms with van der Waals surface area (Å²) in [5, 5.41) is 19.4. The molecular weight excluding hydrogens is 382 g/mol. The van der Waals surface area contributed by atoms with Gasteiger partial charge < -0.3 is 25.4 Å². The fourth-order valence-corrected chi connectivity index (χ4v) is 3.53. The van der Waals surface area contributed by atoms with Gasteiger partial charge in [0.05, 0.1) is 25.7 Å². The fraction of sp³-hybridized carbons (Fsp3) is 0.708. The SMILES string of the molecule is CCCCCOc1cc(C[C@@H](C[C@H](N)[C@@H](O)C[C@@H](C)C(=O)O)C(C)C)ccc1OC. The number of ether oxygens (including phenoxy) is 2. The number of hydrogen-bond acceptors (Lipinski definition) is 5. The maximum Gasteiger partial charge on any atom is 0.306 e. The molecule has 1 rings (SSSR count). The van der Waals surface area contributed by atoms with Gasteiger partial charge in [0, 0.05) is 6.04 Å². The summed E-state index contributed by atoms with van der Waals surface area (Å²) in [5.41, 5.74) is 7.38. The molecule has 1 aromatic carbocycles. The fourth-order valence-electron chi connectivity index (χ4n) is 3.53. The Morgan fingerprint density at radius 3 is 2.40 bits per heavy atom. The molecule has 6 heteroatoms. The average molecular weight is 424 g/mol. The molecule has 4 N–H and O–H groups in total. The molecule has 0 heterocycles. The van der Waals surface area contributed by atoms with Gasteiger partial charge >= 0.3 is 5.97 Å². The van der Waals surface area contributed by atoms with Crippen molar-refractivity contribution in [3.8, 4) is 11.5 Å². The van der Waals surface area contributed by atoms with Crippen LogP contribution in [-0.4, -0.2) is 42.0 Å². The smallest absolute Gasteiger partial charge is 0.306 e. The van der Waals surface area contributed by atoms with E-state index in [0.717, 1.165) is 42.7 Å². The lowest BCUT2D eigenvalue weighted by molar-refractivity contribution is -0.142. The van der Waals surface area contributed by atoms with Gasteiger partial charge in [-0.1, -0.05) is 46.6 Å². The van der Waals surface area contributed by atoms with Crippen molar-refractivity contribution in [2.45, 2.75) is 78.4 Å². The van der Waals surface area contributed by atoms with Crippen molar-refractivity contribution in [2.75, 3.05) is 13.7 Å². The molecule has 0 amide bonds. The second kappa shape index (κ2) is 13.5. The number of nitrogens with two attached hydrogens (primary N) is 1. The van der Waals surface area contributed by atoms with Crippen LogP contribution in [0.4, 0.5) is 0 Å². The summed E-state index contributed by atoms with van der Waals surface area (Å²) in [5.74, 6) is 0.593. The largest absolute Gasteiger partial charge is 0.493 e. The van der Waals surface area contributed by atoms with Crippen LogP contribution >= 0.6 is 0 Å². The summed E-state index contributed by atoms with van der Waals surface area (Å²) >= 11 is 0. The van der Waals surface area contributed by atoms with E-state index in [9.17, 15) is 9.90 Å². The zero-order valence-corrected chi connectivity index (χ0v) is 19.3. The minimum atomic E-state index is -0.911. The minimum absolute atomic E-state index is 0.166. The first-order valence-electron chi connectivity index (χ1n) is 11.2. The molecule has 0 aromatic heterocycles. The summed E-state index contributed by atoms with van der Waals surface area (Å²) in [4.78, 5) is 11.1. The van der Waals surface area contributed by atoms with Crippen LogP contribution in [0.5, 0.6) is 11.5 Å². The number of aliphatic hydroxyl groups excluding tert-OH is 1. The molecule has 30 heavy (non-hydrogen) atoms. The van der Waals surface area contributed by atoms with Gasteiger partial charge in [-0.15, -0.1) is 0 Å². The maximum atomic E-state index is 11.1. The Morgan fingerprint density at radius 1 is 1.13 bits per heavy atom. The number of unbranched alkanes of at least 4 members (excludes halogenated alkanes) is 2. The van der Waals surface area contributed by atoms with E-state index in [2.05, 4.69) is 20.8 Å². The molecule has 6 nitrogen and oxygen atoms in total. The molecule has 0 spiro atoms. The van der Waals surface area contributed by atoms with Crippen LogP contribution < -0.4 is 15.2 Å². The highest BCUT2D eigenvalue weighted by Crippen LogP contribution is 2.31. The minimum Gasteiger partial charge on any atom is -0.493 e. The van der Waals surface area contributed by atoms with Gasteiger partial charge in [0.1, 0.15) is 0 Å². The Balaban J connectivity index is 2.80. The first kappa shape index (κ1) is 26.2. The summed E-state index contributed by atoms with van der Waals surface area (Å²) < 4.78 is 11.4. The molecule has 0 aliphatic heterocycles. The van der Waals surface area contributed by atoms with Gasteiger partial charge in [0.15, 0.2) is 11.5 Å². The molecule has 0 fully saturated rings.